The first-order valence-electron chi connectivity index (χ1n) is 7.26. The van der Waals surface area contributed by atoms with Crippen molar-refractivity contribution in [1.82, 2.24) is 15.1 Å². The molecule has 0 aliphatic rings. The molecule has 3 aromatic rings. The number of aromatic nitrogens is 2. The molecule has 0 atom stereocenters. The predicted octanol–water partition coefficient (Wildman–Crippen LogP) is 3.05. The SMILES string of the molecule is COc1ccc(C(=O)NCCn2ccc(-c3cccs3)n2)cc1. The summed E-state index contributed by atoms with van der Waals surface area (Å²) in [5.41, 5.74) is 1.58. The van der Waals surface area contributed by atoms with Gasteiger partial charge in [-0.05, 0) is 41.8 Å². The van der Waals surface area contributed by atoms with E-state index in [0.717, 1.165) is 16.3 Å². The number of nitrogens with one attached hydrogen (secondary N) is 1. The lowest BCUT2D eigenvalue weighted by molar-refractivity contribution is 0.0952. The summed E-state index contributed by atoms with van der Waals surface area (Å²) >= 11 is 1.66. The highest BCUT2D eigenvalue weighted by Gasteiger charge is 2.06. The lowest BCUT2D eigenvalue weighted by Gasteiger charge is -2.06. The molecule has 0 bridgehead atoms. The minimum Gasteiger partial charge on any atom is -0.497 e. The Morgan fingerprint density at radius 3 is 2.78 bits per heavy atom. The van der Waals surface area contributed by atoms with Gasteiger partial charge in [-0.2, -0.15) is 5.10 Å². The van der Waals surface area contributed by atoms with Crippen molar-refractivity contribution < 1.29 is 9.53 Å². The number of rotatable bonds is 6. The third kappa shape index (κ3) is 3.78. The second-order valence-electron chi connectivity index (χ2n) is 4.93. The Kier molecular flexibility index (Phi) is 4.73. The molecule has 23 heavy (non-hydrogen) atoms. The third-order valence-electron chi connectivity index (χ3n) is 3.39. The molecule has 0 radical (unpaired) electrons. The standard InChI is InChI=1S/C17H17N3O2S/c1-22-14-6-4-13(5-7-14)17(21)18-9-11-20-10-8-15(19-20)16-3-2-12-23-16/h2-8,10,12H,9,11H2,1H3,(H,18,21). The van der Waals surface area contributed by atoms with Crippen LogP contribution in [0, 0.1) is 0 Å². The fourth-order valence-electron chi connectivity index (χ4n) is 2.17. The summed E-state index contributed by atoms with van der Waals surface area (Å²) in [4.78, 5) is 13.2. The number of carbonyl (C=O) groups is 1. The molecular formula is C17H17N3O2S. The van der Waals surface area contributed by atoms with Crippen molar-refractivity contribution in [2.75, 3.05) is 13.7 Å². The van der Waals surface area contributed by atoms with E-state index in [1.54, 1.807) is 42.7 Å². The fraction of sp³-hybridized carbons (Fsp3) is 0.176. The van der Waals surface area contributed by atoms with Gasteiger partial charge in [0.25, 0.3) is 5.91 Å². The molecule has 2 heterocycles. The molecule has 3 rings (SSSR count). The van der Waals surface area contributed by atoms with Crippen LogP contribution >= 0.6 is 11.3 Å². The van der Waals surface area contributed by atoms with Gasteiger partial charge in [-0.3, -0.25) is 9.48 Å². The Morgan fingerprint density at radius 1 is 1.26 bits per heavy atom. The van der Waals surface area contributed by atoms with E-state index < -0.39 is 0 Å². The Labute approximate surface area is 138 Å². The van der Waals surface area contributed by atoms with Crippen LogP contribution in [0.25, 0.3) is 10.6 Å². The van der Waals surface area contributed by atoms with E-state index >= 15 is 0 Å². The van der Waals surface area contributed by atoms with Gasteiger partial charge < -0.3 is 10.1 Å². The summed E-state index contributed by atoms with van der Waals surface area (Å²) < 4.78 is 6.92. The zero-order valence-corrected chi connectivity index (χ0v) is 13.5. The van der Waals surface area contributed by atoms with Gasteiger partial charge in [-0.1, -0.05) is 6.07 Å². The molecule has 0 saturated carbocycles. The average Bonchev–Trinajstić information content (AvgIpc) is 3.26. The quantitative estimate of drug-likeness (QED) is 0.757. The van der Waals surface area contributed by atoms with Crippen LogP contribution in [0.2, 0.25) is 0 Å². The van der Waals surface area contributed by atoms with Crippen LogP contribution < -0.4 is 10.1 Å². The second kappa shape index (κ2) is 7.11. The van der Waals surface area contributed by atoms with E-state index in [-0.39, 0.29) is 5.91 Å². The van der Waals surface area contributed by atoms with E-state index in [2.05, 4.69) is 10.4 Å². The number of ether oxygens (including phenoxy) is 1. The fourth-order valence-corrected chi connectivity index (χ4v) is 2.86. The third-order valence-corrected chi connectivity index (χ3v) is 4.29. The van der Waals surface area contributed by atoms with Gasteiger partial charge in [0.2, 0.25) is 0 Å². The predicted molar refractivity (Wildman–Crippen MR) is 90.9 cm³/mol. The van der Waals surface area contributed by atoms with Crippen LogP contribution in [-0.2, 0) is 6.54 Å². The Bertz CT molecular complexity index is 764. The summed E-state index contributed by atoms with van der Waals surface area (Å²) in [6.45, 7) is 1.16. The van der Waals surface area contributed by atoms with Crippen LogP contribution in [0.5, 0.6) is 5.75 Å². The van der Waals surface area contributed by atoms with E-state index in [1.807, 2.05) is 34.5 Å². The topological polar surface area (TPSA) is 56.1 Å². The minimum atomic E-state index is -0.0988. The van der Waals surface area contributed by atoms with E-state index in [4.69, 9.17) is 4.74 Å². The van der Waals surface area contributed by atoms with Crippen LogP contribution in [0.1, 0.15) is 10.4 Å². The van der Waals surface area contributed by atoms with Gasteiger partial charge in [0, 0.05) is 18.3 Å². The van der Waals surface area contributed by atoms with Gasteiger partial charge in [-0.25, -0.2) is 0 Å². The Balaban J connectivity index is 1.51. The molecule has 5 nitrogen and oxygen atoms in total. The number of benzene rings is 1. The molecule has 1 N–H and O–H groups in total. The van der Waals surface area contributed by atoms with Crippen LogP contribution in [-0.4, -0.2) is 29.3 Å². The van der Waals surface area contributed by atoms with Crippen molar-refractivity contribution in [2.24, 2.45) is 0 Å². The number of methoxy groups -OCH3 is 1. The first-order chi connectivity index (χ1) is 11.3. The molecule has 0 unspecified atom stereocenters. The Morgan fingerprint density at radius 2 is 2.09 bits per heavy atom. The average molecular weight is 327 g/mol. The van der Waals surface area contributed by atoms with E-state index in [9.17, 15) is 4.79 Å². The van der Waals surface area contributed by atoms with Crippen LogP contribution in [0.3, 0.4) is 0 Å². The summed E-state index contributed by atoms with van der Waals surface area (Å²) in [5.74, 6) is 0.637. The lowest BCUT2D eigenvalue weighted by Crippen LogP contribution is -2.27. The first kappa shape index (κ1) is 15.3. The number of nitrogens with zero attached hydrogens (tertiary/aromatic N) is 2. The second-order valence-corrected chi connectivity index (χ2v) is 5.87. The molecule has 6 heteroatoms. The van der Waals surface area contributed by atoms with Crippen LogP contribution in [0.15, 0.2) is 54.0 Å². The zero-order valence-electron chi connectivity index (χ0n) is 12.7. The molecule has 0 aliphatic heterocycles. The molecule has 1 amide bonds. The summed E-state index contributed by atoms with van der Waals surface area (Å²) in [6.07, 6.45) is 1.93. The Hall–Kier alpha value is -2.60. The maximum absolute atomic E-state index is 12.0. The van der Waals surface area contributed by atoms with Crippen molar-refractivity contribution in [3.05, 3.63) is 59.6 Å². The minimum absolute atomic E-state index is 0.0988. The zero-order chi connectivity index (χ0) is 16.1. The number of carbonyl (C=O) groups excluding carboxylic acids is 1. The van der Waals surface area contributed by atoms with Gasteiger partial charge in [0.05, 0.1) is 18.5 Å². The highest BCUT2D eigenvalue weighted by atomic mass is 32.1. The number of hydrogen-bond acceptors (Lipinski definition) is 4. The molecule has 0 spiro atoms. The summed E-state index contributed by atoms with van der Waals surface area (Å²) in [5, 5.41) is 9.43. The van der Waals surface area contributed by atoms with Gasteiger partial charge in [-0.15, -0.1) is 11.3 Å². The summed E-state index contributed by atoms with van der Waals surface area (Å²) in [6, 6.07) is 13.1. The normalized spacial score (nSPS) is 10.5. The molecular weight excluding hydrogens is 310 g/mol. The van der Waals surface area contributed by atoms with Crippen molar-refractivity contribution >= 4 is 17.2 Å². The smallest absolute Gasteiger partial charge is 0.251 e. The van der Waals surface area contributed by atoms with Gasteiger partial charge >= 0.3 is 0 Å². The summed E-state index contributed by atoms with van der Waals surface area (Å²) in [7, 11) is 1.60. The largest absolute Gasteiger partial charge is 0.497 e. The van der Waals surface area contributed by atoms with E-state index in [1.165, 1.54) is 0 Å². The monoisotopic (exact) mass is 327 g/mol. The molecule has 0 fully saturated rings. The first-order valence-corrected chi connectivity index (χ1v) is 8.14. The van der Waals surface area contributed by atoms with E-state index in [0.29, 0.717) is 18.7 Å². The van der Waals surface area contributed by atoms with Crippen molar-refractivity contribution in [2.45, 2.75) is 6.54 Å². The van der Waals surface area contributed by atoms with Crippen LogP contribution in [0.4, 0.5) is 0 Å². The highest BCUT2D eigenvalue weighted by molar-refractivity contribution is 7.13. The number of hydrogen-bond donors (Lipinski definition) is 1. The van der Waals surface area contributed by atoms with Crippen molar-refractivity contribution in [3.63, 3.8) is 0 Å². The number of amides is 1. The number of thiophene rings is 1. The maximum atomic E-state index is 12.0. The molecule has 0 saturated heterocycles. The highest BCUT2D eigenvalue weighted by Crippen LogP contribution is 2.22. The lowest BCUT2D eigenvalue weighted by atomic mass is 10.2. The van der Waals surface area contributed by atoms with Gasteiger partial charge in [0.15, 0.2) is 0 Å². The van der Waals surface area contributed by atoms with Gasteiger partial charge in [0.1, 0.15) is 11.4 Å². The molecule has 1 aromatic carbocycles. The van der Waals surface area contributed by atoms with Crippen molar-refractivity contribution in [3.8, 4) is 16.3 Å². The molecule has 118 valence electrons. The van der Waals surface area contributed by atoms with Crippen molar-refractivity contribution in [1.29, 1.82) is 0 Å². The maximum Gasteiger partial charge on any atom is 0.251 e. The molecule has 2 aromatic heterocycles. The molecule has 0 aliphatic carbocycles.